The van der Waals surface area contributed by atoms with Crippen LogP contribution in [0.3, 0.4) is 0 Å². The number of nitrogens with zero attached hydrogens (tertiary/aromatic N) is 1. The molecule has 7 heteroatoms. The zero-order chi connectivity index (χ0) is 19.5. The van der Waals surface area contributed by atoms with Crippen LogP contribution in [0.2, 0.25) is 0 Å². The molecule has 1 aromatic heterocycles. The Morgan fingerprint density at radius 2 is 1.71 bits per heavy atom. The molecule has 0 spiro atoms. The smallest absolute Gasteiger partial charge is 0.157 e. The molecule has 3 aromatic rings. The van der Waals surface area contributed by atoms with Gasteiger partial charge in [-0.15, -0.1) is 0 Å². The lowest BCUT2D eigenvalue weighted by atomic mass is 9.80. The Morgan fingerprint density at radius 3 is 2.50 bits per heavy atom. The third-order valence-electron chi connectivity index (χ3n) is 5.46. The van der Waals surface area contributed by atoms with Crippen LogP contribution < -0.4 is 10.1 Å². The standard InChI is InChI=1S/C21H18N2O5/c24-16-8-19-14(6-15(16)23-12-1-3-22-4-2-12)20-13-7-18(26)17(25)5-11(13)9-21(20,27)10-28-19/h1-8,20,24-27H,9-10H2,(H,22,23)/t20-,21-/m1/s1. The van der Waals surface area contributed by atoms with Crippen LogP contribution in [0.4, 0.5) is 11.4 Å². The summed E-state index contributed by atoms with van der Waals surface area (Å²) in [6, 6.07) is 9.80. The summed E-state index contributed by atoms with van der Waals surface area (Å²) in [6.45, 7) is 0.0530. The quantitative estimate of drug-likeness (QED) is 0.436. The van der Waals surface area contributed by atoms with Gasteiger partial charge in [-0.25, -0.2) is 0 Å². The minimum Gasteiger partial charge on any atom is -0.506 e. The van der Waals surface area contributed by atoms with Crippen molar-refractivity contribution in [2.45, 2.75) is 17.9 Å². The fraction of sp³-hybridized carbons (Fsp3) is 0.190. The van der Waals surface area contributed by atoms with Crippen LogP contribution in [0.1, 0.15) is 22.6 Å². The number of aliphatic hydroxyl groups is 1. The summed E-state index contributed by atoms with van der Waals surface area (Å²) >= 11 is 0. The first-order chi connectivity index (χ1) is 13.4. The molecule has 142 valence electrons. The van der Waals surface area contributed by atoms with Gasteiger partial charge in [0, 0.05) is 42.0 Å². The van der Waals surface area contributed by atoms with E-state index in [2.05, 4.69) is 10.3 Å². The highest BCUT2D eigenvalue weighted by atomic mass is 16.5. The first-order valence-electron chi connectivity index (χ1n) is 8.88. The van der Waals surface area contributed by atoms with E-state index in [1.165, 1.54) is 18.2 Å². The number of aromatic hydroxyl groups is 3. The maximum Gasteiger partial charge on any atom is 0.157 e. The van der Waals surface area contributed by atoms with Crippen LogP contribution >= 0.6 is 0 Å². The van der Waals surface area contributed by atoms with Gasteiger partial charge in [0.05, 0.1) is 5.69 Å². The first-order valence-corrected chi connectivity index (χ1v) is 8.88. The van der Waals surface area contributed by atoms with Crippen molar-refractivity contribution in [3.63, 3.8) is 0 Å². The number of rotatable bonds is 2. The van der Waals surface area contributed by atoms with Gasteiger partial charge in [-0.2, -0.15) is 0 Å². The molecule has 0 bridgehead atoms. The molecule has 2 heterocycles. The van der Waals surface area contributed by atoms with Crippen LogP contribution in [0, 0.1) is 0 Å². The third-order valence-corrected chi connectivity index (χ3v) is 5.46. The molecular formula is C21H18N2O5. The van der Waals surface area contributed by atoms with Gasteiger partial charge in [0.25, 0.3) is 0 Å². The highest BCUT2D eigenvalue weighted by molar-refractivity contribution is 5.71. The molecular weight excluding hydrogens is 360 g/mol. The second kappa shape index (κ2) is 5.77. The molecule has 1 aliphatic heterocycles. The molecule has 5 N–H and O–H groups in total. The van der Waals surface area contributed by atoms with Crippen molar-refractivity contribution in [3.8, 4) is 23.0 Å². The Balaban J connectivity index is 1.64. The summed E-state index contributed by atoms with van der Waals surface area (Å²) < 4.78 is 5.75. The number of phenols is 3. The van der Waals surface area contributed by atoms with Crippen LogP contribution in [0.5, 0.6) is 23.0 Å². The van der Waals surface area contributed by atoms with Crippen LogP contribution in [-0.4, -0.2) is 37.6 Å². The van der Waals surface area contributed by atoms with Crippen molar-refractivity contribution in [3.05, 3.63) is 65.5 Å². The molecule has 0 radical (unpaired) electrons. The van der Waals surface area contributed by atoms with E-state index in [4.69, 9.17) is 4.74 Å². The normalized spacial score (nSPS) is 22.0. The Hall–Kier alpha value is -3.45. The van der Waals surface area contributed by atoms with Gasteiger partial charge >= 0.3 is 0 Å². The molecule has 5 rings (SSSR count). The zero-order valence-corrected chi connectivity index (χ0v) is 14.8. The van der Waals surface area contributed by atoms with Gasteiger partial charge in [-0.1, -0.05) is 0 Å². The van der Waals surface area contributed by atoms with E-state index in [1.54, 1.807) is 30.6 Å². The lowest BCUT2D eigenvalue weighted by molar-refractivity contribution is -0.0218. The molecule has 0 saturated heterocycles. The number of fused-ring (bicyclic) bond motifs is 5. The molecule has 0 fully saturated rings. The van der Waals surface area contributed by atoms with Crippen molar-refractivity contribution in [2.24, 2.45) is 0 Å². The molecule has 2 atom stereocenters. The Labute approximate surface area is 160 Å². The van der Waals surface area contributed by atoms with E-state index in [0.29, 0.717) is 23.4 Å². The van der Waals surface area contributed by atoms with Crippen molar-refractivity contribution in [1.82, 2.24) is 4.98 Å². The van der Waals surface area contributed by atoms with Crippen molar-refractivity contribution >= 4 is 11.4 Å². The number of pyridine rings is 1. The van der Waals surface area contributed by atoms with Gasteiger partial charge in [-0.3, -0.25) is 4.98 Å². The monoisotopic (exact) mass is 378 g/mol. The van der Waals surface area contributed by atoms with Crippen LogP contribution in [-0.2, 0) is 6.42 Å². The van der Waals surface area contributed by atoms with Crippen LogP contribution in [0.15, 0.2) is 48.8 Å². The van der Waals surface area contributed by atoms with E-state index in [1.807, 2.05) is 0 Å². The second-order valence-electron chi connectivity index (χ2n) is 7.31. The summed E-state index contributed by atoms with van der Waals surface area (Å²) in [5.74, 6) is -0.394. The van der Waals surface area contributed by atoms with Gasteiger partial charge in [0.1, 0.15) is 23.7 Å². The first kappa shape index (κ1) is 16.7. The van der Waals surface area contributed by atoms with Crippen molar-refractivity contribution < 1.29 is 25.2 Å². The number of hydrogen-bond donors (Lipinski definition) is 5. The number of aromatic nitrogens is 1. The number of ether oxygens (including phenoxy) is 1. The van der Waals surface area contributed by atoms with Crippen molar-refractivity contribution in [1.29, 1.82) is 0 Å². The Kier molecular flexibility index (Phi) is 3.44. The summed E-state index contributed by atoms with van der Waals surface area (Å²) in [4.78, 5) is 3.97. The average molecular weight is 378 g/mol. The Bertz CT molecular complexity index is 1090. The molecule has 0 amide bonds. The predicted molar refractivity (Wildman–Crippen MR) is 101 cm³/mol. The second-order valence-corrected chi connectivity index (χ2v) is 7.31. The molecule has 1 aliphatic carbocycles. The fourth-order valence-electron chi connectivity index (χ4n) is 4.20. The third kappa shape index (κ3) is 2.44. The number of hydrogen-bond acceptors (Lipinski definition) is 7. The number of benzene rings is 2. The molecule has 2 aromatic carbocycles. The maximum atomic E-state index is 11.2. The van der Waals surface area contributed by atoms with Gasteiger partial charge < -0.3 is 30.5 Å². The van der Waals surface area contributed by atoms with Crippen LogP contribution in [0.25, 0.3) is 0 Å². The molecule has 7 nitrogen and oxygen atoms in total. The number of nitrogens with one attached hydrogen (secondary N) is 1. The average Bonchev–Trinajstić information content (AvgIpc) is 2.95. The van der Waals surface area contributed by atoms with Gasteiger partial charge in [0.15, 0.2) is 11.5 Å². The van der Waals surface area contributed by atoms with E-state index in [-0.39, 0.29) is 23.9 Å². The molecule has 28 heavy (non-hydrogen) atoms. The van der Waals surface area contributed by atoms with E-state index in [0.717, 1.165) is 16.8 Å². The van der Waals surface area contributed by atoms with Crippen molar-refractivity contribution in [2.75, 3.05) is 11.9 Å². The molecule has 2 aliphatic rings. The minimum atomic E-state index is -1.19. The maximum absolute atomic E-state index is 11.2. The minimum absolute atomic E-state index is 0.0211. The van der Waals surface area contributed by atoms with E-state index < -0.39 is 11.5 Å². The van der Waals surface area contributed by atoms with Gasteiger partial charge in [0.2, 0.25) is 0 Å². The number of phenolic OH excluding ortho intramolecular Hbond substituents is 3. The predicted octanol–water partition coefficient (Wildman–Crippen LogP) is 2.75. The highest BCUT2D eigenvalue weighted by Gasteiger charge is 2.50. The molecule has 0 saturated carbocycles. The topological polar surface area (TPSA) is 115 Å². The van der Waals surface area contributed by atoms with Gasteiger partial charge in [-0.05, 0) is 41.5 Å². The van der Waals surface area contributed by atoms with E-state index in [9.17, 15) is 20.4 Å². The van der Waals surface area contributed by atoms with E-state index >= 15 is 0 Å². The zero-order valence-electron chi connectivity index (χ0n) is 14.8. The summed E-state index contributed by atoms with van der Waals surface area (Å²) in [6.07, 6.45) is 3.58. The SMILES string of the molecule is Oc1cc2c(cc1O)[C@@H]1c3cc(Nc4ccncc4)c(O)cc3OC[C@]1(O)C2. The summed E-state index contributed by atoms with van der Waals surface area (Å²) in [7, 11) is 0. The lowest BCUT2D eigenvalue weighted by Gasteiger charge is -2.37. The summed E-state index contributed by atoms with van der Waals surface area (Å²) in [5.41, 5.74) is 2.23. The highest BCUT2D eigenvalue weighted by Crippen LogP contribution is 2.54. The summed E-state index contributed by atoms with van der Waals surface area (Å²) in [5, 5.41) is 44.6. The Morgan fingerprint density at radius 1 is 0.964 bits per heavy atom. The molecule has 0 unspecified atom stereocenters. The fourth-order valence-corrected chi connectivity index (χ4v) is 4.20. The number of anilines is 2. The lowest BCUT2D eigenvalue weighted by Crippen LogP contribution is -2.43. The largest absolute Gasteiger partial charge is 0.506 e.